The van der Waals surface area contributed by atoms with Gasteiger partial charge in [-0.1, -0.05) is 6.92 Å². The van der Waals surface area contributed by atoms with E-state index in [0.717, 1.165) is 24.8 Å². The predicted octanol–water partition coefficient (Wildman–Crippen LogP) is 3.36. The fourth-order valence-electron chi connectivity index (χ4n) is 3.16. The van der Waals surface area contributed by atoms with Crippen LogP contribution in [0.25, 0.3) is 6.08 Å². The van der Waals surface area contributed by atoms with Gasteiger partial charge in [-0.25, -0.2) is 0 Å². The molecule has 0 saturated heterocycles. The largest absolute Gasteiger partial charge is 0.497 e. The highest BCUT2D eigenvalue weighted by Crippen LogP contribution is 2.32. The zero-order valence-corrected chi connectivity index (χ0v) is 17.0. The summed E-state index contributed by atoms with van der Waals surface area (Å²) in [6.45, 7) is 2.23. The third-order valence-electron chi connectivity index (χ3n) is 4.71. The van der Waals surface area contributed by atoms with E-state index in [4.69, 9.17) is 9.47 Å². The number of hydrogen-bond donors (Lipinski definition) is 2. The molecule has 1 atom stereocenters. The summed E-state index contributed by atoms with van der Waals surface area (Å²) in [4.78, 5) is 26.3. The Morgan fingerprint density at radius 1 is 1.18 bits per heavy atom. The van der Waals surface area contributed by atoms with Crippen LogP contribution in [0.5, 0.6) is 11.5 Å². The van der Waals surface area contributed by atoms with Gasteiger partial charge in [0.1, 0.15) is 11.5 Å². The molecule has 0 spiro atoms. The number of amides is 2. The zero-order valence-electron chi connectivity index (χ0n) is 16.2. The summed E-state index contributed by atoms with van der Waals surface area (Å²) in [6.07, 6.45) is 6.15. The number of thiophene rings is 1. The summed E-state index contributed by atoms with van der Waals surface area (Å²) in [5.41, 5.74) is 6.87. The summed E-state index contributed by atoms with van der Waals surface area (Å²) < 4.78 is 10.4. The van der Waals surface area contributed by atoms with Crippen LogP contribution < -0.4 is 20.3 Å². The van der Waals surface area contributed by atoms with Crippen LogP contribution in [-0.4, -0.2) is 26.0 Å². The fraction of sp³-hybridized carbons (Fsp3) is 0.333. The van der Waals surface area contributed by atoms with Gasteiger partial charge in [0, 0.05) is 22.6 Å². The Balaban J connectivity index is 1.57. The van der Waals surface area contributed by atoms with Crippen molar-refractivity contribution in [2.24, 2.45) is 5.92 Å². The molecule has 0 bridgehead atoms. The van der Waals surface area contributed by atoms with Gasteiger partial charge < -0.3 is 9.47 Å². The number of hydrogen-bond acceptors (Lipinski definition) is 5. The van der Waals surface area contributed by atoms with Crippen LogP contribution in [0.3, 0.4) is 0 Å². The quantitative estimate of drug-likeness (QED) is 0.596. The van der Waals surface area contributed by atoms with Crippen molar-refractivity contribution in [3.8, 4) is 11.5 Å². The molecule has 0 radical (unpaired) electrons. The number of carbonyl (C=O) groups excluding carboxylic acids is 2. The van der Waals surface area contributed by atoms with E-state index in [1.54, 1.807) is 38.5 Å². The Kier molecular flexibility index (Phi) is 6.36. The van der Waals surface area contributed by atoms with Gasteiger partial charge in [0.2, 0.25) is 0 Å². The molecule has 0 fully saturated rings. The number of rotatable bonds is 5. The first kappa shape index (κ1) is 19.9. The molecule has 2 N–H and O–H groups in total. The molecule has 1 aromatic carbocycles. The average Bonchev–Trinajstić information content (AvgIpc) is 3.13. The Morgan fingerprint density at radius 2 is 2.00 bits per heavy atom. The zero-order chi connectivity index (χ0) is 20.1. The van der Waals surface area contributed by atoms with E-state index in [-0.39, 0.29) is 5.91 Å². The molecule has 2 amide bonds. The fourth-order valence-corrected chi connectivity index (χ4v) is 4.26. The molecule has 1 aliphatic rings. The Labute approximate surface area is 168 Å². The smallest absolute Gasteiger partial charge is 0.279 e. The van der Waals surface area contributed by atoms with Gasteiger partial charge in [-0.2, -0.15) is 0 Å². The van der Waals surface area contributed by atoms with Crippen LogP contribution in [0.2, 0.25) is 0 Å². The van der Waals surface area contributed by atoms with Gasteiger partial charge >= 0.3 is 0 Å². The monoisotopic (exact) mass is 400 g/mol. The van der Waals surface area contributed by atoms with Gasteiger partial charge in [0.05, 0.1) is 19.1 Å². The van der Waals surface area contributed by atoms with Crippen molar-refractivity contribution in [3.05, 3.63) is 51.2 Å². The molecule has 1 aromatic heterocycles. The lowest BCUT2D eigenvalue weighted by Crippen LogP contribution is -2.40. The highest BCUT2D eigenvalue weighted by molar-refractivity contribution is 7.14. The molecule has 0 unspecified atom stereocenters. The lowest BCUT2D eigenvalue weighted by Gasteiger charge is -2.16. The number of nitrogens with one attached hydrogen (secondary N) is 2. The standard InChI is InChI=1S/C21H24N2O4S/c1-13-4-8-18-15(10-13)11-19(28-18)21(25)23-22-20(24)9-6-14-5-7-16(26-2)12-17(14)27-3/h5-7,9,11-13H,4,8,10H2,1-3H3,(H,22,24)(H,23,25)/b9-6+/t13-/m0/s1. The van der Waals surface area contributed by atoms with Gasteiger partial charge in [0.25, 0.3) is 11.8 Å². The number of carbonyl (C=O) groups is 2. The first-order chi connectivity index (χ1) is 13.5. The average molecular weight is 401 g/mol. The maximum Gasteiger partial charge on any atom is 0.279 e. The molecule has 1 heterocycles. The third kappa shape index (κ3) is 4.72. The lowest BCUT2D eigenvalue weighted by molar-refractivity contribution is -0.117. The minimum Gasteiger partial charge on any atom is -0.497 e. The summed E-state index contributed by atoms with van der Waals surface area (Å²) in [7, 11) is 3.12. The van der Waals surface area contributed by atoms with Gasteiger partial charge in [-0.05, 0) is 55.0 Å². The summed E-state index contributed by atoms with van der Waals surface area (Å²) >= 11 is 1.51. The molecule has 28 heavy (non-hydrogen) atoms. The third-order valence-corrected chi connectivity index (χ3v) is 5.94. The summed E-state index contributed by atoms with van der Waals surface area (Å²) in [5.74, 6) is 1.18. The molecule has 6 nitrogen and oxygen atoms in total. The van der Waals surface area contributed by atoms with Crippen LogP contribution in [0, 0.1) is 5.92 Å². The molecule has 1 aliphatic carbocycles. The summed E-state index contributed by atoms with van der Waals surface area (Å²) in [5, 5.41) is 0. The highest BCUT2D eigenvalue weighted by Gasteiger charge is 2.20. The molecular weight excluding hydrogens is 376 g/mol. The molecule has 3 rings (SSSR count). The van der Waals surface area contributed by atoms with Crippen molar-refractivity contribution >= 4 is 29.2 Å². The normalized spacial score (nSPS) is 15.8. The number of methoxy groups -OCH3 is 2. The SMILES string of the molecule is COc1ccc(/C=C/C(=O)NNC(=O)c2cc3c(s2)CC[C@H](C)C3)c(OC)c1. The van der Waals surface area contributed by atoms with Crippen LogP contribution in [0.4, 0.5) is 0 Å². The lowest BCUT2D eigenvalue weighted by atomic mass is 9.90. The molecule has 0 saturated carbocycles. The van der Waals surface area contributed by atoms with E-state index in [9.17, 15) is 9.59 Å². The molecule has 7 heteroatoms. The van der Waals surface area contributed by atoms with E-state index in [1.165, 1.54) is 27.9 Å². The second kappa shape index (κ2) is 8.93. The van der Waals surface area contributed by atoms with Gasteiger partial charge in [0.15, 0.2) is 0 Å². The Hall–Kier alpha value is -2.80. The maximum absolute atomic E-state index is 12.3. The minimum atomic E-state index is -0.429. The number of ether oxygens (including phenoxy) is 2. The van der Waals surface area contributed by atoms with Crippen molar-refractivity contribution in [3.63, 3.8) is 0 Å². The predicted molar refractivity (Wildman–Crippen MR) is 110 cm³/mol. The second-order valence-corrected chi connectivity index (χ2v) is 7.93. The molecule has 2 aromatic rings. The minimum absolute atomic E-state index is 0.296. The van der Waals surface area contributed by atoms with Crippen molar-refractivity contribution in [2.75, 3.05) is 14.2 Å². The van der Waals surface area contributed by atoms with E-state index in [2.05, 4.69) is 17.8 Å². The van der Waals surface area contributed by atoms with Crippen molar-refractivity contribution in [1.29, 1.82) is 0 Å². The Morgan fingerprint density at radius 3 is 2.75 bits per heavy atom. The first-order valence-electron chi connectivity index (χ1n) is 9.12. The highest BCUT2D eigenvalue weighted by atomic mass is 32.1. The van der Waals surface area contributed by atoms with E-state index in [0.29, 0.717) is 22.3 Å². The second-order valence-electron chi connectivity index (χ2n) is 6.79. The van der Waals surface area contributed by atoms with E-state index < -0.39 is 5.91 Å². The van der Waals surface area contributed by atoms with Gasteiger partial charge in [-0.15, -0.1) is 11.3 Å². The molecular formula is C21H24N2O4S. The van der Waals surface area contributed by atoms with Crippen LogP contribution in [0.1, 0.15) is 39.0 Å². The van der Waals surface area contributed by atoms with E-state index >= 15 is 0 Å². The molecule has 148 valence electrons. The van der Waals surface area contributed by atoms with Gasteiger partial charge in [-0.3, -0.25) is 20.4 Å². The topological polar surface area (TPSA) is 76.7 Å². The number of benzene rings is 1. The van der Waals surface area contributed by atoms with Crippen molar-refractivity contribution < 1.29 is 19.1 Å². The van der Waals surface area contributed by atoms with Crippen LogP contribution >= 0.6 is 11.3 Å². The number of hydrazine groups is 1. The van der Waals surface area contributed by atoms with E-state index in [1.807, 2.05) is 6.07 Å². The number of aryl methyl sites for hydroxylation is 1. The van der Waals surface area contributed by atoms with Crippen molar-refractivity contribution in [2.45, 2.75) is 26.2 Å². The molecule has 0 aliphatic heterocycles. The summed E-state index contributed by atoms with van der Waals surface area (Å²) in [6, 6.07) is 7.24. The number of fused-ring (bicyclic) bond motifs is 1. The van der Waals surface area contributed by atoms with Crippen molar-refractivity contribution in [1.82, 2.24) is 10.9 Å². The maximum atomic E-state index is 12.3. The van der Waals surface area contributed by atoms with Crippen LogP contribution in [0.15, 0.2) is 30.3 Å². The Bertz CT molecular complexity index is 904. The first-order valence-corrected chi connectivity index (χ1v) is 9.93. The van der Waals surface area contributed by atoms with Crippen LogP contribution in [-0.2, 0) is 17.6 Å².